The molecule has 0 amide bonds. The van der Waals surface area contributed by atoms with Crippen LogP contribution in [0.25, 0.3) is 0 Å². The lowest BCUT2D eigenvalue weighted by Crippen LogP contribution is -2.41. The predicted molar refractivity (Wildman–Crippen MR) is 79.6 cm³/mol. The Kier molecular flexibility index (Phi) is 5.57. The van der Waals surface area contributed by atoms with Gasteiger partial charge in [0.1, 0.15) is 0 Å². The number of hydrogen-bond donors (Lipinski definition) is 1. The van der Waals surface area contributed by atoms with Gasteiger partial charge in [0.25, 0.3) is 0 Å². The number of benzene rings is 1. The topological polar surface area (TPSA) is 15.3 Å². The van der Waals surface area contributed by atoms with Crippen molar-refractivity contribution in [3.63, 3.8) is 0 Å². The van der Waals surface area contributed by atoms with Crippen LogP contribution in [0.5, 0.6) is 0 Å². The lowest BCUT2D eigenvalue weighted by molar-refractivity contribution is 0.145. The Morgan fingerprint density at radius 2 is 1.83 bits per heavy atom. The second kappa shape index (κ2) is 6.72. The Balaban J connectivity index is 2.89. The van der Waals surface area contributed by atoms with E-state index in [9.17, 15) is 0 Å². The summed E-state index contributed by atoms with van der Waals surface area (Å²) < 4.78 is 0. The van der Waals surface area contributed by atoms with Crippen molar-refractivity contribution in [1.29, 1.82) is 0 Å². The van der Waals surface area contributed by atoms with Crippen LogP contribution >= 0.6 is 0 Å². The Labute approximate surface area is 112 Å². The van der Waals surface area contributed by atoms with Gasteiger partial charge < -0.3 is 5.32 Å². The van der Waals surface area contributed by atoms with Crippen molar-refractivity contribution in [2.75, 3.05) is 13.6 Å². The first-order chi connectivity index (χ1) is 8.49. The van der Waals surface area contributed by atoms with Crippen LogP contribution < -0.4 is 5.32 Å². The van der Waals surface area contributed by atoms with Gasteiger partial charge in [-0.15, -0.1) is 6.58 Å². The zero-order valence-electron chi connectivity index (χ0n) is 12.2. The first kappa shape index (κ1) is 14.9. The summed E-state index contributed by atoms with van der Waals surface area (Å²) in [6, 6.07) is 8.63. The maximum Gasteiger partial charge on any atom is 0.0245 e. The molecule has 1 aromatic carbocycles. The third-order valence-corrected chi connectivity index (χ3v) is 3.14. The van der Waals surface area contributed by atoms with Crippen molar-refractivity contribution in [3.05, 3.63) is 48.0 Å². The molecule has 100 valence electrons. The van der Waals surface area contributed by atoms with E-state index in [0.717, 1.165) is 19.6 Å². The van der Waals surface area contributed by atoms with Gasteiger partial charge in [0.15, 0.2) is 0 Å². The number of nitrogens with one attached hydrogen (secondary N) is 1. The zero-order valence-corrected chi connectivity index (χ0v) is 12.2. The van der Waals surface area contributed by atoms with Crippen LogP contribution in [0.4, 0.5) is 0 Å². The molecular formula is C16H26N2. The van der Waals surface area contributed by atoms with Gasteiger partial charge in [-0.05, 0) is 38.9 Å². The average molecular weight is 246 g/mol. The van der Waals surface area contributed by atoms with E-state index in [-0.39, 0.29) is 5.54 Å². The van der Waals surface area contributed by atoms with E-state index in [4.69, 9.17) is 0 Å². The normalized spacial score (nSPS) is 11.8. The van der Waals surface area contributed by atoms with Gasteiger partial charge in [-0.25, -0.2) is 0 Å². The highest BCUT2D eigenvalue weighted by atomic mass is 15.2. The molecular weight excluding hydrogens is 220 g/mol. The van der Waals surface area contributed by atoms with Crippen molar-refractivity contribution in [2.24, 2.45) is 0 Å². The van der Waals surface area contributed by atoms with Crippen molar-refractivity contribution < 1.29 is 0 Å². The second-order valence-electron chi connectivity index (χ2n) is 5.64. The zero-order chi connectivity index (χ0) is 13.6. The lowest BCUT2D eigenvalue weighted by atomic mass is 10.0. The summed E-state index contributed by atoms with van der Waals surface area (Å²) in [5.41, 5.74) is 2.92. The third-order valence-electron chi connectivity index (χ3n) is 3.14. The summed E-state index contributed by atoms with van der Waals surface area (Å²) in [5, 5.41) is 3.23. The van der Waals surface area contributed by atoms with Crippen LogP contribution in [0, 0.1) is 0 Å². The minimum absolute atomic E-state index is 0.154. The molecule has 0 unspecified atom stereocenters. The van der Waals surface area contributed by atoms with Crippen LogP contribution in [0.3, 0.4) is 0 Å². The molecule has 0 spiro atoms. The molecule has 0 fully saturated rings. The fraction of sp³-hybridized carbons (Fsp3) is 0.500. The van der Waals surface area contributed by atoms with Crippen LogP contribution in [0.1, 0.15) is 31.9 Å². The van der Waals surface area contributed by atoms with Crippen molar-refractivity contribution >= 4 is 0 Å². The number of nitrogens with zero attached hydrogens (tertiary/aromatic N) is 1. The quantitative estimate of drug-likeness (QED) is 0.776. The monoisotopic (exact) mass is 246 g/mol. The molecule has 0 aliphatic carbocycles. The van der Waals surface area contributed by atoms with E-state index in [0.29, 0.717) is 0 Å². The van der Waals surface area contributed by atoms with Gasteiger partial charge in [0, 0.05) is 25.2 Å². The minimum atomic E-state index is 0.154. The van der Waals surface area contributed by atoms with Crippen molar-refractivity contribution in [2.45, 2.75) is 39.4 Å². The molecule has 0 heterocycles. The van der Waals surface area contributed by atoms with E-state index in [1.807, 2.05) is 13.1 Å². The maximum absolute atomic E-state index is 3.86. The fourth-order valence-electron chi connectivity index (χ4n) is 2.01. The molecule has 0 aliphatic heterocycles. The molecule has 2 nitrogen and oxygen atoms in total. The molecule has 2 heteroatoms. The molecule has 1 aromatic rings. The summed E-state index contributed by atoms with van der Waals surface area (Å²) in [6.45, 7) is 13.4. The first-order valence-electron chi connectivity index (χ1n) is 6.56. The number of rotatable bonds is 6. The molecule has 18 heavy (non-hydrogen) atoms. The summed E-state index contributed by atoms with van der Waals surface area (Å²) >= 11 is 0. The fourth-order valence-corrected chi connectivity index (χ4v) is 2.01. The summed E-state index contributed by atoms with van der Waals surface area (Å²) in [7, 11) is 1.99. The summed E-state index contributed by atoms with van der Waals surface area (Å²) in [4.78, 5) is 2.44. The smallest absolute Gasteiger partial charge is 0.0245 e. The van der Waals surface area contributed by atoms with Gasteiger partial charge >= 0.3 is 0 Å². The summed E-state index contributed by atoms with van der Waals surface area (Å²) in [6.07, 6.45) is 1.98. The van der Waals surface area contributed by atoms with Gasteiger partial charge in [-0.2, -0.15) is 0 Å². The van der Waals surface area contributed by atoms with Gasteiger partial charge in [0.2, 0.25) is 0 Å². The van der Waals surface area contributed by atoms with Crippen molar-refractivity contribution in [3.8, 4) is 0 Å². The molecule has 0 saturated carbocycles. The average Bonchev–Trinajstić information content (AvgIpc) is 2.30. The molecule has 0 aliphatic rings. The van der Waals surface area contributed by atoms with E-state index in [2.05, 4.69) is 61.8 Å². The largest absolute Gasteiger partial charge is 0.316 e. The van der Waals surface area contributed by atoms with Crippen LogP contribution in [0.15, 0.2) is 36.9 Å². The Bertz CT molecular complexity index is 377. The maximum atomic E-state index is 3.86. The first-order valence-corrected chi connectivity index (χ1v) is 6.56. The highest BCUT2D eigenvalue weighted by molar-refractivity contribution is 5.27. The van der Waals surface area contributed by atoms with E-state index in [1.54, 1.807) is 0 Å². The van der Waals surface area contributed by atoms with Crippen LogP contribution in [-0.4, -0.2) is 24.0 Å². The van der Waals surface area contributed by atoms with Crippen molar-refractivity contribution in [1.82, 2.24) is 10.2 Å². The van der Waals surface area contributed by atoms with E-state index in [1.165, 1.54) is 11.1 Å². The molecule has 0 bridgehead atoms. The molecule has 0 atom stereocenters. The lowest BCUT2D eigenvalue weighted by Gasteiger charge is -2.35. The number of hydrogen-bond acceptors (Lipinski definition) is 2. The molecule has 0 radical (unpaired) electrons. The standard InChI is InChI=1S/C16H26N2/c1-6-11-18(16(2,3)4)13-15-10-8-7-9-14(15)12-17-5/h6-10,17H,1,11-13H2,2-5H3. The SMILES string of the molecule is C=CCN(Cc1ccccc1CNC)C(C)(C)C. The third kappa shape index (κ3) is 4.28. The van der Waals surface area contributed by atoms with E-state index >= 15 is 0 Å². The summed E-state index contributed by atoms with van der Waals surface area (Å²) in [5.74, 6) is 0. The molecule has 0 saturated heterocycles. The highest BCUT2D eigenvalue weighted by Gasteiger charge is 2.20. The van der Waals surface area contributed by atoms with Gasteiger partial charge in [-0.1, -0.05) is 30.3 Å². The molecule has 1 N–H and O–H groups in total. The van der Waals surface area contributed by atoms with Gasteiger partial charge in [-0.3, -0.25) is 4.90 Å². The van der Waals surface area contributed by atoms with E-state index < -0.39 is 0 Å². The second-order valence-corrected chi connectivity index (χ2v) is 5.64. The Morgan fingerprint density at radius 1 is 1.22 bits per heavy atom. The molecule has 1 rings (SSSR count). The van der Waals surface area contributed by atoms with Crippen LogP contribution in [0.2, 0.25) is 0 Å². The Morgan fingerprint density at radius 3 is 2.33 bits per heavy atom. The molecule has 0 aromatic heterocycles. The van der Waals surface area contributed by atoms with Crippen LogP contribution in [-0.2, 0) is 13.1 Å². The predicted octanol–water partition coefficient (Wildman–Crippen LogP) is 3.19. The minimum Gasteiger partial charge on any atom is -0.316 e. The van der Waals surface area contributed by atoms with Gasteiger partial charge in [0.05, 0.1) is 0 Å². The Hall–Kier alpha value is -1.12. The highest BCUT2D eigenvalue weighted by Crippen LogP contribution is 2.19.